The van der Waals surface area contributed by atoms with E-state index in [0.717, 1.165) is 12.8 Å². The van der Waals surface area contributed by atoms with Crippen molar-refractivity contribution >= 4 is 33.6 Å². The number of hydrogen-bond acceptors (Lipinski definition) is 6. The van der Waals surface area contributed by atoms with Crippen LogP contribution in [0.1, 0.15) is 19.8 Å². The van der Waals surface area contributed by atoms with Crippen molar-refractivity contribution < 1.29 is 8.42 Å². The van der Waals surface area contributed by atoms with E-state index in [1.165, 1.54) is 12.7 Å². The molecule has 0 aromatic heterocycles. The number of rotatable bonds is 4. The fourth-order valence-electron chi connectivity index (χ4n) is 1.46. The number of nitrogens with zero attached hydrogens (tertiary/aromatic N) is 4. The summed E-state index contributed by atoms with van der Waals surface area (Å²) in [4.78, 5) is 15.5. The molecule has 0 saturated carbocycles. The van der Waals surface area contributed by atoms with E-state index >= 15 is 0 Å². The second-order valence-corrected chi connectivity index (χ2v) is 5.33. The van der Waals surface area contributed by atoms with Gasteiger partial charge >= 0.3 is 0 Å². The number of hydrogen-bond donors (Lipinski definition) is 1. The zero-order valence-electron chi connectivity index (χ0n) is 9.37. The molecule has 0 bridgehead atoms. The van der Waals surface area contributed by atoms with E-state index in [0.29, 0.717) is 12.4 Å². The molecule has 7 nitrogen and oxygen atoms in total. The Morgan fingerprint density at radius 3 is 2.94 bits per heavy atom. The zero-order valence-corrected chi connectivity index (χ0v) is 10.2. The zero-order chi connectivity index (χ0) is 12.3. The van der Waals surface area contributed by atoms with Gasteiger partial charge in [-0.3, -0.25) is 4.99 Å². The van der Waals surface area contributed by atoms with Crippen molar-refractivity contribution in [2.75, 3.05) is 6.54 Å². The molecule has 17 heavy (non-hydrogen) atoms. The number of sulfonamides is 1. The molecular formula is C9H13N5O2S. The van der Waals surface area contributed by atoms with Crippen LogP contribution in [0.25, 0.3) is 0 Å². The van der Waals surface area contributed by atoms with Crippen LogP contribution in [0.5, 0.6) is 0 Å². The Labute approximate surface area is 99.5 Å². The van der Waals surface area contributed by atoms with Crippen LogP contribution in [0.15, 0.2) is 20.0 Å². The maximum atomic E-state index is 12.0. The molecule has 2 aliphatic heterocycles. The topological polar surface area (TPSA) is 95.6 Å². The molecule has 2 aliphatic rings. The van der Waals surface area contributed by atoms with Gasteiger partial charge in [0.15, 0.2) is 16.9 Å². The van der Waals surface area contributed by atoms with Crippen LogP contribution in [-0.2, 0) is 10.0 Å². The SMILES string of the molecule is CCCCNS(=O)(=O)C1=NC=NC2=NC=NC21. The Bertz CT molecular complexity index is 518. The Morgan fingerprint density at radius 2 is 2.18 bits per heavy atom. The number of fused-ring (bicyclic) bond motifs is 1. The summed E-state index contributed by atoms with van der Waals surface area (Å²) >= 11 is 0. The molecule has 2 rings (SSSR count). The fraction of sp³-hybridized carbons (Fsp3) is 0.556. The van der Waals surface area contributed by atoms with Crippen LogP contribution < -0.4 is 4.72 Å². The lowest BCUT2D eigenvalue weighted by atomic mass is 10.3. The first-order valence-corrected chi connectivity index (χ1v) is 6.82. The Hall–Kier alpha value is -1.41. The smallest absolute Gasteiger partial charge is 0.255 e. The van der Waals surface area contributed by atoms with E-state index < -0.39 is 16.1 Å². The van der Waals surface area contributed by atoms with Gasteiger partial charge in [0, 0.05) is 6.54 Å². The van der Waals surface area contributed by atoms with Crippen molar-refractivity contribution in [3.8, 4) is 0 Å². The third-order valence-corrected chi connectivity index (χ3v) is 3.82. The lowest BCUT2D eigenvalue weighted by Gasteiger charge is -2.14. The van der Waals surface area contributed by atoms with E-state index in [2.05, 4.69) is 24.7 Å². The third-order valence-electron chi connectivity index (χ3n) is 2.36. The summed E-state index contributed by atoms with van der Waals surface area (Å²) in [7, 11) is -3.60. The van der Waals surface area contributed by atoms with Gasteiger partial charge in [0.25, 0.3) is 10.0 Å². The van der Waals surface area contributed by atoms with Gasteiger partial charge in [-0.05, 0) is 6.42 Å². The normalized spacial score (nSPS) is 22.3. The third kappa shape index (κ3) is 2.47. The molecule has 2 heterocycles. The minimum absolute atomic E-state index is 0.0314. The fourth-order valence-corrected chi connectivity index (χ4v) is 2.67. The molecule has 1 unspecified atom stereocenters. The van der Waals surface area contributed by atoms with Gasteiger partial charge in [0.2, 0.25) is 0 Å². The summed E-state index contributed by atoms with van der Waals surface area (Å²) < 4.78 is 26.4. The minimum Gasteiger partial charge on any atom is -0.255 e. The molecule has 0 aromatic carbocycles. The first-order chi connectivity index (χ1) is 8.15. The minimum atomic E-state index is -3.60. The molecule has 0 amide bonds. The van der Waals surface area contributed by atoms with E-state index in [1.54, 1.807) is 0 Å². The highest BCUT2D eigenvalue weighted by atomic mass is 32.2. The first kappa shape index (κ1) is 12.1. The second-order valence-electron chi connectivity index (χ2n) is 3.62. The molecule has 0 radical (unpaired) electrons. The van der Waals surface area contributed by atoms with Gasteiger partial charge in [0.1, 0.15) is 12.7 Å². The molecule has 0 spiro atoms. The highest BCUT2D eigenvalue weighted by Crippen LogP contribution is 2.12. The number of amidine groups is 1. The molecule has 0 aliphatic carbocycles. The van der Waals surface area contributed by atoms with Crippen LogP contribution in [0.3, 0.4) is 0 Å². The molecule has 8 heteroatoms. The first-order valence-electron chi connectivity index (χ1n) is 5.34. The molecule has 92 valence electrons. The highest BCUT2D eigenvalue weighted by molar-refractivity contribution is 8.05. The van der Waals surface area contributed by atoms with Crippen LogP contribution in [0.2, 0.25) is 0 Å². The molecule has 0 fully saturated rings. The summed E-state index contributed by atoms with van der Waals surface area (Å²) in [5, 5.41) is -0.0314. The largest absolute Gasteiger partial charge is 0.256 e. The number of nitrogens with one attached hydrogen (secondary N) is 1. The van der Waals surface area contributed by atoms with Crippen molar-refractivity contribution in [3.63, 3.8) is 0 Å². The quantitative estimate of drug-likeness (QED) is 0.713. The Kier molecular flexibility index (Phi) is 3.43. The molecule has 1 N–H and O–H groups in total. The van der Waals surface area contributed by atoms with Gasteiger partial charge in [0.05, 0.1) is 0 Å². The van der Waals surface area contributed by atoms with Crippen molar-refractivity contribution in [3.05, 3.63) is 0 Å². The summed E-state index contributed by atoms with van der Waals surface area (Å²) in [6.45, 7) is 2.39. The van der Waals surface area contributed by atoms with Crippen molar-refractivity contribution in [2.45, 2.75) is 25.8 Å². The van der Waals surface area contributed by atoms with E-state index in [4.69, 9.17) is 0 Å². The van der Waals surface area contributed by atoms with Crippen LogP contribution >= 0.6 is 0 Å². The second kappa shape index (κ2) is 4.84. The van der Waals surface area contributed by atoms with Crippen LogP contribution in [0, 0.1) is 0 Å². The predicted molar refractivity (Wildman–Crippen MR) is 67.5 cm³/mol. The number of unbranched alkanes of at least 4 members (excludes halogenated alkanes) is 1. The molecular weight excluding hydrogens is 242 g/mol. The maximum absolute atomic E-state index is 12.0. The van der Waals surface area contributed by atoms with Gasteiger partial charge in [-0.15, -0.1) is 0 Å². The average Bonchev–Trinajstić information content (AvgIpc) is 2.76. The monoisotopic (exact) mass is 255 g/mol. The van der Waals surface area contributed by atoms with Gasteiger partial charge in [-0.2, -0.15) is 0 Å². The molecule has 0 saturated heterocycles. The van der Waals surface area contributed by atoms with Crippen molar-refractivity contribution in [2.24, 2.45) is 20.0 Å². The van der Waals surface area contributed by atoms with Crippen molar-refractivity contribution in [1.29, 1.82) is 0 Å². The summed E-state index contributed by atoms with van der Waals surface area (Å²) in [5.74, 6) is 0.371. The van der Waals surface area contributed by atoms with Gasteiger partial charge in [-0.25, -0.2) is 28.1 Å². The average molecular weight is 255 g/mol. The lowest BCUT2D eigenvalue weighted by molar-refractivity contribution is 0.589. The molecule has 0 aromatic rings. The Morgan fingerprint density at radius 1 is 1.35 bits per heavy atom. The van der Waals surface area contributed by atoms with E-state index in [9.17, 15) is 8.42 Å². The van der Waals surface area contributed by atoms with Crippen LogP contribution in [-0.4, -0.2) is 44.6 Å². The van der Waals surface area contributed by atoms with Crippen molar-refractivity contribution in [1.82, 2.24) is 4.72 Å². The van der Waals surface area contributed by atoms with Gasteiger partial charge < -0.3 is 0 Å². The highest BCUT2D eigenvalue weighted by Gasteiger charge is 2.34. The van der Waals surface area contributed by atoms with E-state index in [-0.39, 0.29) is 5.04 Å². The van der Waals surface area contributed by atoms with Gasteiger partial charge in [-0.1, -0.05) is 13.3 Å². The summed E-state index contributed by atoms with van der Waals surface area (Å²) in [6, 6.07) is -0.681. The lowest BCUT2D eigenvalue weighted by Crippen LogP contribution is -2.41. The predicted octanol–water partition coefficient (Wildman–Crippen LogP) is -0.0447. The summed E-state index contributed by atoms with van der Waals surface area (Å²) in [5.41, 5.74) is 0. The van der Waals surface area contributed by atoms with E-state index in [1.807, 2.05) is 6.92 Å². The number of aliphatic imine (C=N–C) groups is 4. The maximum Gasteiger partial charge on any atom is 0.256 e. The standard InChI is InChI=1S/C9H13N5O2S/c1-2-3-4-14-17(15,16)9-7-8(11-5-10-7)12-6-13-9/h5-7,14H,2-4H2,1H3. The summed E-state index contributed by atoms with van der Waals surface area (Å²) in [6.07, 6.45) is 4.21. The molecule has 1 atom stereocenters. The Balaban J connectivity index is 2.16. The van der Waals surface area contributed by atoms with Crippen LogP contribution in [0.4, 0.5) is 0 Å².